The van der Waals surface area contributed by atoms with Crippen LogP contribution in [0.4, 0.5) is 5.69 Å². The molecule has 180 valence electrons. The minimum absolute atomic E-state index is 0.177. The number of halogens is 1. The molecule has 0 saturated heterocycles. The average molecular weight is 496 g/mol. The first-order chi connectivity index (χ1) is 16.9. The molecule has 0 spiro atoms. The van der Waals surface area contributed by atoms with Crippen LogP contribution >= 0.6 is 11.6 Å². The highest BCUT2D eigenvalue weighted by molar-refractivity contribution is 6.32. The molecule has 1 heterocycles. The number of hydrogen-bond donors (Lipinski definition) is 1. The minimum Gasteiger partial charge on any atom is -0.497 e. The van der Waals surface area contributed by atoms with Gasteiger partial charge in [0, 0.05) is 12.1 Å². The monoisotopic (exact) mass is 495 g/mol. The van der Waals surface area contributed by atoms with Crippen LogP contribution in [0.15, 0.2) is 70.1 Å². The summed E-state index contributed by atoms with van der Waals surface area (Å²) in [7, 11) is 4.53. The van der Waals surface area contributed by atoms with Crippen LogP contribution in [-0.2, 0) is 4.79 Å². The van der Waals surface area contributed by atoms with Crippen molar-refractivity contribution in [3.8, 4) is 34.1 Å². The van der Waals surface area contributed by atoms with E-state index in [4.69, 9.17) is 35.0 Å². The third-order valence-corrected chi connectivity index (χ3v) is 5.56. The lowest BCUT2D eigenvalue weighted by molar-refractivity contribution is -0.118. The normalized spacial score (nSPS) is 10.6. The molecule has 3 aromatic carbocycles. The summed E-state index contributed by atoms with van der Waals surface area (Å²) in [6, 6.07) is 15.0. The average Bonchev–Trinajstić information content (AvgIpc) is 2.88. The van der Waals surface area contributed by atoms with Gasteiger partial charge in [-0.15, -0.1) is 0 Å². The summed E-state index contributed by atoms with van der Waals surface area (Å²) < 4.78 is 26.9. The fourth-order valence-electron chi connectivity index (χ4n) is 3.46. The number of carbonyl (C=O) groups is 1. The number of ether oxygens (including phenoxy) is 4. The van der Waals surface area contributed by atoms with Crippen molar-refractivity contribution in [1.29, 1.82) is 0 Å². The Labute approximate surface area is 205 Å². The van der Waals surface area contributed by atoms with Gasteiger partial charge in [-0.2, -0.15) is 0 Å². The van der Waals surface area contributed by atoms with E-state index in [1.165, 1.54) is 26.5 Å². The molecule has 0 unspecified atom stereocenters. The number of nitrogens with one attached hydrogen (secondary N) is 1. The zero-order chi connectivity index (χ0) is 24.9. The van der Waals surface area contributed by atoms with Crippen LogP contribution in [0.1, 0.15) is 0 Å². The number of amides is 1. The Morgan fingerprint density at radius 1 is 0.914 bits per heavy atom. The van der Waals surface area contributed by atoms with Gasteiger partial charge in [-0.1, -0.05) is 23.7 Å². The number of methoxy groups -OCH3 is 3. The molecule has 0 saturated carbocycles. The van der Waals surface area contributed by atoms with Crippen molar-refractivity contribution in [1.82, 2.24) is 0 Å². The summed E-state index contributed by atoms with van der Waals surface area (Å²) in [4.78, 5) is 25.4. The zero-order valence-electron chi connectivity index (χ0n) is 19.2. The molecule has 0 atom stereocenters. The highest BCUT2D eigenvalue weighted by atomic mass is 35.5. The zero-order valence-corrected chi connectivity index (χ0v) is 20.0. The van der Waals surface area contributed by atoms with Gasteiger partial charge in [0.1, 0.15) is 34.8 Å². The van der Waals surface area contributed by atoms with Crippen molar-refractivity contribution in [3.05, 3.63) is 76.1 Å². The maximum Gasteiger partial charge on any atom is 0.262 e. The van der Waals surface area contributed by atoms with E-state index in [1.807, 2.05) is 0 Å². The van der Waals surface area contributed by atoms with Crippen LogP contribution in [0, 0.1) is 0 Å². The summed E-state index contributed by atoms with van der Waals surface area (Å²) in [6.45, 7) is -0.285. The van der Waals surface area contributed by atoms with Crippen molar-refractivity contribution in [3.63, 3.8) is 0 Å². The van der Waals surface area contributed by atoms with Gasteiger partial charge >= 0.3 is 0 Å². The second kappa shape index (κ2) is 10.4. The number of anilines is 1. The van der Waals surface area contributed by atoms with Crippen molar-refractivity contribution in [2.24, 2.45) is 0 Å². The Bertz CT molecular complexity index is 1430. The van der Waals surface area contributed by atoms with Gasteiger partial charge in [0.25, 0.3) is 5.91 Å². The van der Waals surface area contributed by atoms with Crippen LogP contribution in [0.5, 0.6) is 23.0 Å². The molecular formula is C26H22ClNO7. The number of rotatable bonds is 8. The minimum atomic E-state index is -0.430. The highest BCUT2D eigenvalue weighted by Crippen LogP contribution is 2.36. The van der Waals surface area contributed by atoms with Gasteiger partial charge in [-0.3, -0.25) is 9.59 Å². The maximum atomic E-state index is 13.0. The van der Waals surface area contributed by atoms with E-state index in [0.29, 0.717) is 55.8 Å². The van der Waals surface area contributed by atoms with E-state index in [0.717, 1.165) is 0 Å². The summed E-state index contributed by atoms with van der Waals surface area (Å²) in [5.41, 5.74) is 1.69. The van der Waals surface area contributed by atoms with Crippen LogP contribution in [-0.4, -0.2) is 33.8 Å². The fourth-order valence-corrected chi connectivity index (χ4v) is 3.70. The quantitative estimate of drug-likeness (QED) is 0.361. The van der Waals surface area contributed by atoms with Gasteiger partial charge < -0.3 is 28.7 Å². The number of benzene rings is 3. The fraction of sp³-hybridized carbons (Fsp3) is 0.154. The van der Waals surface area contributed by atoms with Gasteiger partial charge in [0.15, 0.2) is 12.0 Å². The lowest BCUT2D eigenvalue weighted by atomic mass is 10.1. The Hall–Kier alpha value is -4.17. The highest BCUT2D eigenvalue weighted by Gasteiger charge is 2.14. The van der Waals surface area contributed by atoms with Crippen LogP contribution in [0.25, 0.3) is 22.1 Å². The van der Waals surface area contributed by atoms with E-state index in [1.54, 1.807) is 55.6 Å². The molecule has 8 nitrogen and oxygen atoms in total. The van der Waals surface area contributed by atoms with Gasteiger partial charge in [-0.25, -0.2) is 0 Å². The van der Waals surface area contributed by atoms with E-state index in [2.05, 4.69) is 5.32 Å². The summed E-state index contributed by atoms with van der Waals surface area (Å²) in [6.07, 6.45) is 1.41. The number of carbonyl (C=O) groups excluding carboxylic acids is 1. The van der Waals surface area contributed by atoms with E-state index < -0.39 is 5.91 Å². The first-order valence-electron chi connectivity index (χ1n) is 10.5. The Balaban J connectivity index is 1.48. The largest absolute Gasteiger partial charge is 0.497 e. The maximum absolute atomic E-state index is 13.0. The Morgan fingerprint density at radius 2 is 1.63 bits per heavy atom. The topological polar surface area (TPSA) is 96.2 Å². The molecular weight excluding hydrogens is 474 g/mol. The first kappa shape index (κ1) is 24.0. The Morgan fingerprint density at radius 3 is 2.31 bits per heavy atom. The number of fused-ring (bicyclic) bond motifs is 1. The molecule has 4 aromatic rings. The molecule has 1 N–H and O–H groups in total. The third-order valence-electron chi connectivity index (χ3n) is 5.27. The summed E-state index contributed by atoms with van der Waals surface area (Å²) in [5, 5.41) is 3.41. The van der Waals surface area contributed by atoms with Crippen LogP contribution in [0.2, 0.25) is 5.02 Å². The van der Waals surface area contributed by atoms with Crippen molar-refractivity contribution in [2.75, 3.05) is 33.3 Å². The SMILES string of the molecule is COc1ccc(-c2coc3cc(OCC(=O)Nc4cc(Cl)c(OC)cc4OC)ccc3c2=O)cc1. The summed E-state index contributed by atoms with van der Waals surface area (Å²) >= 11 is 6.14. The van der Waals surface area contributed by atoms with Crippen LogP contribution < -0.4 is 29.7 Å². The second-order valence-electron chi connectivity index (χ2n) is 7.39. The first-order valence-corrected chi connectivity index (χ1v) is 10.9. The molecule has 35 heavy (non-hydrogen) atoms. The molecule has 0 radical (unpaired) electrons. The standard InChI is InChI=1S/C26H22ClNO7/c1-31-16-6-4-15(5-7-16)19-13-35-22-10-17(8-9-18(22)26(19)30)34-14-25(29)28-21-11-20(27)23(32-2)12-24(21)33-3/h4-13H,14H2,1-3H3,(H,28,29). The smallest absolute Gasteiger partial charge is 0.262 e. The summed E-state index contributed by atoms with van der Waals surface area (Å²) in [5.74, 6) is 1.44. The lowest BCUT2D eigenvalue weighted by Gasteiger charge is -2.13. The Kier molecular flexibility index (Phi) is 7.12. The lowest BCUT2D eigenvalue weighted by Crippen LogP contribution is -2.20. The van der Waals surface area contributed by atoms with Crippen molar-refractivity contribution in [2.45, 2.75) is 0 Å². The second-order valence-corrected chi connectivity index (χ2v) is 7.80. The molecule has 0 bridgehead atoms. The van der Waals surface area contributed by atoms with Crippen LogP contribution in [0.3, 0.4) is 0 Å². The van der Waals surface area contributed by atoms with Gasteiger partial charge in [-0.05, 0) is 35.9 Å². The molecule has 0 aliphatic carbocycles. The predicted molar refractivity (Wildman–Crippen MR) is 133 cm³/mol. The molecule has 9 heteroatoms. The molecule has 4 rings (SSSR count). The number of hydrogen-bond acceptors (Lipinski definition) is 7. The van der Waals surface area contributed by atoms with Crippen molar-refractivity contribution >= 4 is 34.2 Å². The third kappa shape index (κ3) is 5.17. The molecule has 0 aliphatic rings. The van der Waals surface area contributed by atoms with Gasteiger partial charge in [0.2, 0.25) is 0 Å². The molecule has 0 fully saturated rings. The predicted octanol–water partition coefficient (Wildman–Crippen LogP) is 5.16. The van der Waals surface area contributed by atoms with E-state index in [-0.39, 0.29) is 12.0 Å². The molecule has 0 aliphatic heterocycles. The molecule has 1 amide bonds. The van der Waals surface area contributed by atoms with E-state index >= 15 is 0 Å². The molecule has 1 aromatic heterocycles. The van der Waals surface area contributed by atoms with Gasteiger partial charge in [0.05, 0.1) is 43.0 Å². The van der Waals surface area contributed by atoms with E-state index in [9.17, 15) is 9.59 Å². The van der Waals surface area contributed by atoms with Crippen molar-refractivity contribution < 1.29 is 28.2 Å².